The third-order valence-electron chi connectivity index (χ3n) is 3.05. The van der Waals surface area contributed by atoms with Crippen molar-refractivity contribution in [3.63, 3.8) is 0 Å². The van der Waals surface area contributed by atoms with E-state index in [2.05, 4.69) is 0 Å². The Labute approximate surface area is 125 Å². The Morgan fingerprint density at radius 2 is 1.57 bits per heavy atom. The number of benzene rings is 2. The van der Waals surface area contributed by atoms with Crippen molar-refractivity contribution < 1.29 is 14.2 Å². The minimum atomic E-state index is 0.458. The lowest BCUT2D eigenvalue weighted by Crippen LogP contribution is -2.09. The summed E-state index contributed by atoms with van der Waals surface area (Å²) in [6.45, 7) is 1.66. The molecule has 2 N–H and O–H groups in total. The second-order valence-corrected chi connectivity index (χ2v) is 4.62. The molecule has 4 nitrogen and oxygen atoms in total. The molecule has 0 aliphatic carbocycles. The second-order valence-electron chi connectivity index (χ2n) is 4.62. The molecule has 0 saturated heterocycles. The van der Waals surface area contributed by atoms with Gasteiger partial charge in [0, 0.05) is 7.11 Å². The molecule has 112 valence electrons. The molecule has 0 heterocycles. The van der Waals surface area contributed by atoms with Crippen molar-refractivity contribution in [2.24, 2.45) is 0 Å². The van der Waals surface area contributed by atoms with E-state index in [1.165, 1.54) is 5.56 Å². The van der Waals surface area contributed by atoms with Gasteiger partial charge in [0.15, 0.2) is 0 Å². The molecule has 0 amide bonds. The van der Waals surface area contributed by atoms with Gasteiger partial charge in [-0.05, 0) is 36.2 Å². The first-order chi connectivity index (χ1) is 10.3. The number of hydrogen-bond donors (Lipinski definition) is 1. The standard InChI is InChI=1S/C17H21NO3/c1-19-11-10-14-6-8-15(9-7-14)20-12-13-21-17-5-3-2-4-16(17)18/h2-9H,10-13,18H2,1H3. The summed E-state index contributed by atoms with van der Waals surface area (Å²) in [6.07, 6.45) is 0.910. The Morgan fingerprint density at radius 1 is 0.857 bits per heavy atom. The summed E-state index contributed by atoms with van der Waals surface area (Å²) in [7, 11) is 1.71. The van der Waals surface area contributed by atoms with Gasteiger partial charge in [0.25, 0.3) is 0 Å². The van der Waals surface area contributed by atoms with E-state index in [1.807, 2.05) is 48.5 Å². The maximum Gasteiger partial charge on any atom is 0.142 e. The smallest absolute Gasteiger partial charge is 0.142 e. The Morgan fingerprint density at radius 3 is 2.29 bits per heavy atom. The quantitative estimate of drug-likeness (QED) is 0.599. The predicted octanol–water partition coefficient (Wildman–Crippen LogP) is 2.92. The van der Waals surface area contributed by atoms with E-state index in [-0.39, 0.29) is 0 Å². The van der Waals surface area contributed by atoms with E-state index < -0.39 is 0 Å². The highest BCUT2D eigenvalue weighted by molar-refractivity contribution is 5.51. The number of nitrogens with two attached hydrogens (primary N) is 1. The molecule has 0 spiro atoms. The van der Waals surface area contributed by atoms with Crippen molar-refractivity contribution in [3.8, 4) is 11.5 Å². The van der Waals surface area contributed by atoms with Gasteiger partial charge < -0.3 is 19.9 Å². The molecule has 0 fully saturated rings. The summed E-state index contributed by atoms with van der Waals surface area (Å²) in [6, 6.07) is 15.4. The average molecular weight is 287 g/mol. The van der Waals surface area contributed by atoms with Crippen LogP contribution in [0.4, 0.5) is 5.69 Å². The molecular formula is C17H21NO3. The molecule has 0 radical (unpaired) electrons. The Balaban J connectivity index is 1.72. The zero-order chi connectivity index (χ0) is 14.9. The van der Waals surface area contributed by atoms with Gasteiger partial charge in [-0.2, -0.15) is 0 Å². The van der Waals surface area contributed by atoms with Crippen molar-refractivity contribution in [2.45, 2.75) is 6.42 Å². The van der Waals surface area contributed by atoms with E-state index in [1.54, 1.807) is 7.11 Å². The molecule has 0 atom stereocenters. The average Bonchev–Trinajstić information content (AvgIpc) is 2.52. The summed E-state index contributed by atoms with van der Waals surface area (Å²) >= 11 is 0. The lowest BCUT2D eigenvalue weighted by molar-refractivity contribution is 0.202. The van der Waals surface area contributed by atoms with E-state index in [0.717, 1.165) is 18.8 Å². The van der Waals surface area contributed by atoms with Crippen LogP contribution in [-0.2, 0) is 11.2 Å². The largest absolute Gasteiger partial charge is 0.490 e. The maximum atomic E-state index is 5.79. The van der Waals surface area contributed by atoms with Gasteiger partial charge in [-0.1, -0.05) is 24.3 Å². The zero-order valence-corrected chi connectivity index (χ0v) is 12.2. The third-order valence-corrected chi connectivity index (χ3v) is 3.05. The predicted molar refractivity (Wildman–Crippen MR) is 83.9 cm³/mol. The minimum absolute atomic E-state index is 0.458. The van der Waals surface area contributed by atoms with Crippen LogP contribution >= 0.6 is 0 Å². The van der Waals surface area contributed by atoms with Crippen LogP contribution in [0.5, 0.6) is 11.5 Å². The number of anilines is 1. The number of hydrogen-bond acceptors (Lipinski definition) is 4. The lowest BCUT2D eigenvalue weighted by Gasteiger charge is -2.10. The number of methoxy groups -OCH3 is 1. The first-order valence-electron chi connectivity index (χ1n) is 6.97. The highest BCUT2D eigenvalue weighted by Gasteiger charge is 1.99. The molecule has 2 aromatic carbocycles. The van der Waals surface area contributed by atoms with Gasteiger partial charge >= 0.3 is 0 Å². The maximum absolute atomic E-state index is 5.79. The lowest BCUT2D eigenvalue weighted by atomic mass is 10.1. The topological polar surface area (TPSA) is 53.7 Å². The van der Waals surface area contributed by atoms with Gasteiger partial charge in [-0.3, -0.25) is 0 Å². The van der Waals surface area contributed by atoms with Gasteiger partial charge in [0.1, 0.15) is 24.7 Å². The van der Waals surface area contributed by atoms with E-state index in [0.29, 0.717) is 24.7 Å². The van der Waals surface area contributed by atoms with E-state index in [9.17, 15) is 0 Å². The number of rotatable bonds is 8. The van der Waals surface area contributed by atoms with Crippen LogP contribution in [0.15, 0.2) is 48.5 Å². The SMILES string of the molecule is COCCc1ccc(OCCOc2ccccc2N)cc1. The number of ether oxygens (including phenoxy) is 3. The molecule has 0 saturated carbocycles. The second kappa shape index (κ2) is 8.17. The Bertz CT molecular complexity index is 540. The molecule has 21 heavy (non-hydrogen) atoms. The van der Waals surface area contributed by atoms with Gasteiger partial charge in [-0.15, -0.1) is 0 Å². The van der Waals surface area contributed by atoms with Crippen LogP contribution < -0.4 is 15.2 Å². The zero-order valence-electron chi connectivity index (χ0n) is 12.2. The Hall–Kier alpha value is -2.20. The van der Waals surface area contributed by atoms with Gasteiger partial charge in [0.2, 0.25) is 0 Å². The number of nitrogen functional groups attached to an aromatic ring is 1. The van der Waals surface area contributed by atoms with Crippen molar-refractivity contribution in [1.29, 1.82) is 0 Å². The van der Waals surface area contributed by atoms with Crippen LogP contribution in [0.2, 0.25) is 0 Å². The van der Waals surface area contributed by atoms with Crippen LogP contribution in [-0.4, -0.2) is 26.9 Å². The van der Waals surface area contributed by atoms with Crippen molar-refractivity contribution in [1.82, 2.24) is 0 Å². The number of para-hydroxylation sites is 2. The van der Waals surface area contributed by atoms with Gasteiger partial charge in [0.05, 0.1) is 12.3 Å². The molecule has 0 aliphatic rings. The van der Waals surface area contributed by atoms with Crippen molar-refractivity contribution >= 4 is 5.69 Å². The van der Waals surface area contributed by atoms with Crippen LogP contribution in [0.1, 0.15) is 5.56 Å². The summed E-state index contributed by atoms with van der Waals surface area (Å²) in [5, 5.41) is 0. The summed E-state index contributed by atoms with van der Waals surface area (Å²) in [5.41, 5.74) is 7.67. The highest BCUT2D eigenvalue weighted by atomic mass is 16.5. The van der Waals surface area contributed by atoms with E-state index in [4.69, 9.17) is 19.9 Å². The summed E-state index contributed by atoms with van der Waals surface area (Å²) < 4.78 is 16.2. The first-order valence-corrected chi connectivity index (χ1v) is 6.97. The van der Waals surface area contributed by atoms with Crippen LogP contribution in [0, 0.1) is 0 Å². The normalized spacial score (nSPS) is 10.3. The van der Waals surface area contributed by atoms with Gasteiger partial charge in [-0.25, -0.2) is 0 Å². The molecule has 4 heteroatoms. The molecule has 0 unspecified atom stereocenters. The fourth-order valence-electron chi connectivity index (χ4n) is 1.90. The van der Waals surface area contributed by atoms with E-state index >= 15 is 0 Å². The molecule has 2 aromatic rings. The fraction of sp³-hybridized carbons (Fsp3) is 0.294. The molecule has 0 aliphatic heterocycles. The molecule has 0 aromatic heterocycles. The summed E-state index contributed by atoms with van der Waals surface area (Å²) in [5.74, 6) is 1.52. The minimum Gasteiger partial charge on any atom is -0.490 e. The fourth-order valence-corrected chi connectivity index (χ4v) is 1.90. The first kappa shape index (κ1) is 15.2. The van der Waals surface area contributed by atoms with Crippen molar-refractivity contribution in [3.05, 3.63) is 54.1 Å². The van der Waals surface area contributed by atoms with Crippen LogP contribution in [0.3, 0.4) is 0 Å². The Kier molecular flexibility index (Phi) is 5.91. The van der Waals surface area contributed by atoms with Crippen molar-refractivity contribution in [2.75, 3.05) is 32.7 Å². The van der Waals surface area contributed by atoms with Crippen LogP contribution in [0.25, 0.3) is 0 Å². The molecular weight excluding hydrogens is 266 g/mol. The molecule has 0 bridgehead atoms. The third kappa shape index (κ3) is 5.00. The highest BCUT2D eigenvalue weighted by Crippen LogP contribution is 2.19. The summed E-state index contributed by atoms with van der Waals surface area (Å²) in [4.78, 5) is 0. The molecule has 2 rings (SSSR count). The monoisotopic (exact) mass is 287 g/mol.